The number of fused-ring (bicyclic) bond motifs is 1. The van der Waals surface area contributed by atoms with Crippen molar-refractivity contribution in [3.05, 3.63) is 34.9 Å². The fraction of sp³-hybridized carbons (Fsp3) is 0.538. The van der Waals surface area contributed by atoms with Gasteiger partial charge in [0.1, 0.15) is 11.8 Å². The number of nitrogens with one attached hydrogen (secondary N) is 1. The van der Waals surface area contributed by atoms with Gasteiger partial charge in [-0.15, -0.1) is 0 Å². The molecule has 7 heteroatoms. The van der Waals surface area contributed by atoms with Crippen molar-refractivity contribution in [1.29, 1.82) is 0 Å². The number of carbonyl (C=O) groups is 4. The van der Waals surface area contributed by atoms with Gasteiger partial charge in [-0.1, -0.05) is 37.7 Å². The molecule has 3 rings (SSSR count). The molecule has 2 unspecified atom stereocenters. The van der Waals surface area contributed by atoms with Gasteiger partial charge in [0.15, 0.2) is 0 Å². The number of benzene rings is 1. The summed E-state index contributed by atoms with van der Waals surface area (Å²) in [5.41, 5.74) is 8.09. The van der Waals surface area contributed by atoms with Gasteiger partial charge in [0.2, 0.25) is 11.8 Å². The van der Waals surface area contributed by atoms with E-state index in [1.54, 1.807) is 12.1 Å². The Kier molecular flexibility index (Phi) is 8.79. The van der Waals surface area contributed by atoms with Gasteiger partial charge >= 0.3 is 0 Å². The second kappa shape index (κ2) is 11.8. The molecule has 0 spiro atoms. The van der Waals surface area contributed by atoms with Crippen LogP contribution in [-0.2, 0) is 20.9 Å². The number of rotatable bonds is 10. The van der Waals surface area contributed by atoms with E-state index < -0.39 is 11.9 Å². The Morgan fingerprint density at radius 3 is 2.79 bits per heavy atom. The zero-order chi connectivity index (χ0) is 23.8. The predicted octanol–water partition coefficient (Wildman–Crippen LogP) is 2.84. The van der Waals surface area contributed by atoms with Crippen molar-refractivity contribution in [2.75, 3.05) is 0 Å². The van der Waals surface area contributed by atoms with Crippen LogP contribution >= 0.6 is 0 Å². The Balaban J connectivity index is 1.51. The predicted molar refractivity (Wildman–Crippen MR) is 125 cm³/mol. The summed E-state index contributed by atoms with van der Waals surface area (Å²) >= 11 is 0. The molecule has 1 saturated heterocycles. The fourth-order valence-electron chi connectivity index (χ4n) is 4.43. The molecule has 33 heavy (non-hydrogen) atoms. The van der Waals surface area contributed by atoms with Crippen LogP contribution in [0.25, 0.3) is 0 Å². The van der Waals surface area contributed by atoms with Gasteiger partial charge in [0, 0.05) is 49.4 Å². The molecule has 2 atom stereocenters. The van der Waals surface area contributed by atoms with Crippen molar-refractivity contribution in [3.63, 3.8) is 0 Å². The van der Waals surface area contributed by atoms with E-state index in [0.29, 0.717) is 37.8 Å². The van der Waals surface area contributed by atoms with Gasteiger partial charge < -0.3 is 10.6 Å². The molecule has 2 aliphatic rings. The van der Waals surface area contributed by atoms with Crippen LogP contribution in [0.15, 0.2) is 18.2 Å². The number of piperidine rings is 1. The van der Waals surface area contributed by atoms with E-state index in [0.717, 1.165) is 43.2 Å². The maximum Gasteiger partial charge on any atom is 0.255 e. The minimum Gasteiger partial charge on any atom is -0.328 e. The van der Waals surface area contributed by atoms with E-state index in [2.05, 4.69) is 24.1 Å². The first-order valence-corrected chi connectivity index (χ1v) is 11.9. The van der Waals surface area contributed by atoms with E-state index in [-0.39, 0.29) is 30.1 Å². The quantitative estimate of drug-likeness (QED) is 0.323. The molecular formula is C26H33N3O4. The van der Waals surface area contributed by atoms with Crippen molar-refractivity contribution in [2.45, 2.75) is 89.8 Å². The summed E-state index contributed by atoms with van der Waals surface area (Å²) in [6.07, 6.45) is 6.95. The highest BCUT2D eigenvalue weighted by Crippen LogP contribution is 2.29. The second-order valence-corrected chi connectivity index (χ2v) is 8.87. The third-order valence-electron chi connectivity index (χ3n) is 6.27. The lowest BCUT2D eigenvalue weighted by Gasteiger charge is -2.29. The third kappa shape index (κ3) is 6.52. The Bertz CT molecular complexity index is 975. The lowest BCUT2D eigenvalue weighted by molar-refractivity contribution is -0.137. The Labute approximate surface area is 195 Å². The van der Waals surface area contributed by atoms with Crippen LogP contribution in [0, 0.1) is 11.8 Å². The minimum atomic E-state index is -0.641. The topological polar surface area (TPSA) is 110 Å². The summed E-state index contributed by atoms with van der Waals surface area (Å²) in [6, 6.07) is 4.97. The third-order valence-corrected chi connectivity index (χ3v) is 6.27. The SMILES string of the molecule is CCCC(N)CCCCC(=O)CCC#Cc1cccc2c1CN(C1CCC(=O)NC1=O)C2=O. The van der Waals surface area contributed by atoms with Crippen molar-refractivity contribution in [3.8, 4) is 11.8 Å². The normalized spacial score (nSPS) is 18.4. The summed E-state index contributed by atoms with van der Waals surface area (Å²) < 4.78 is 0. The number of unbranched alkanes of at least 4 members (excludes halogenated alkanes) is 1. The van der Waals surface area contributed by atoms with E-state index in [4.69, 9.17) is 5.73 Å². The van der Waals surface area contributed by atoms with E-state index in [1.807, 2.05) is 6.07 Å². The smallest absolute Gasteiger partial charge is 0.255 e. The van der Waals surface area contributed by atoms with E-state index in [1.165, 1.54) is 4.90 Å². The van der Waals surface area contributed by atoms with Crippen LogP contribution in [0.4, 0.5) is 0 Å². The molecule has 0 saturated carbocycles. The number of hydrogen-bond donors (Lipinski definition) is 2. The zero-order valence-corrected chi connectivity index (χ0v) is 19.3. The molecule has 1 aromatic carbocycles. The van der Waals surface area contributed by atoms with Crippen LogP contribution < -0.4 is 11.1 Å². The molecule has 1 aromatic rings. The van der Waals surface area contributed by atoms with Gasteiger partial charge in [0.25, 0.3) is 5.91 Å². The lowest BCUT2D eigenvalue weighted by Crippen LogP contribution is -2.52. The monoisotopic (exact) mass is 451 g/mol. The molecule has 3 amide bonds. The molecular weight excluding hydrogens is 418 g/mol. The summed E-state index contributed by atoms with van der Waals surface area (Å²) in [6.45, 7) is 2.42. The number of carbonyl (C=O) groups excluding carboxylic acids is 4. The Morgan fingerprint density at radius 1 is 1.21 bits per heavy atom. The van der Waals surface area contributed by atoms with Crippen LogP contribution in [0.2, 0.25) is 0 Å². The first kappa shape index (κ1) is 24.7. The highest BCUT2D eigenvalue weighted by molar-refractivity contribution is 6.05. The average molecular weight is 452 g/mol. The Morgan fingerprint density at radius 2 is 2.03 bits per heavy atom. The number of hydrogen-bond acceptors (Lipinski definition) is 5. The van der Waals surface area contributed by atoms with Gasteiger partial charge in [-0.25, -0.2) is 0 Å². The molecule has 3 N–H and O–H groups in total. The van der Waals surface area contributed by atoms with Crippen molar-refractivity contribution < 1.29 is 19.2 Å². The summed E-state index contributed by atoms with van der Waals surface area (Å²) in [5, 5.41) is 2.31. The second-order valence-electron chi connectivity index (χ2n) is 8.87. The summed E-state index contributed by atoms with van der Waals surface area (Å²) in [7, 11) is 0. The maximum atomic E-state index is 12.9. The highest BCUT2D eigenvalue weighted by Gasteiger charge is 2.39. The van der Waals surface area contributed by atoms with Crippen molar-refractivity contribution in [2.24, 2.45) is 5.73 Å². The van der Waals surface area contributed by atoms with Crippen LogP contribution in [0.5, 0.6) is 0 Å². The molecule has 0 aromatic heterocycles. The number of nitrogens with zero attached hydrogens (tertiary/aromatic N) is 1. The molecule has 2 aliphatic heterocycles. The first-order chi connectivity index (χ1) is 15.9. The average Bonchev–Trinajstić information content (AvgIpc) is 3.11. The van der Waals surface area contributed by atoms with Crippen LogP contribution in [0.3, 0.4) is 0 Å². The van der Waals surface area contributed by atoms with Gasteiger partial charge in [0.05, 0.1) is 0 Å². The Hall–Kier alpha value is -2.98. The molecule has 0 radical (unpaired) electrons. The molecule has 176 valence electrons. The van der Waals surface area contributed by atoms with Crippen LogP contribution in [0.1, 0.15) is 92.6 Å². The van der Waals surface area contributed by atoms with E-state index in [9.17, 15) is 19.2 Å². The summed E-state index contributed by atoms with van der Waals surface area (Å²) in [4.78, 5) is 50.1. The summed E-state index contributed by atoms with van der Waals surface area (Å²) in [5.74, 6) is 5.45. The van der Waals surface area contributed by atoms with E-state index >= 15 is 0 Å². The number of ketones is 1. The van der Waals surface area contributed by atoms with Crippen molar-refractivity contribution in [1.82, 2.24) is 10.2 Å². The fourth-order valence-corrected chi connectivity index (χ4v) is 4.43. The van der Waals surface area contributed by atoms with Crippen LogP contribution in [-0.4, -0.2) is 40.5 Å². The lowest BCUT2D eigenvalue weighted by atomic mass is 10.0. The first-order valence-electron chi connectivity index (χ1n) is 11.9. The number of nitrogens with two attached hydrogens (primary N) is 1. The maximum absolute atomic E-state index is 12.9. The molecule has 2 heterocycles. The molecule has 0 bridgehead atoms. The van der Waals surface area contributed by atoms with Crippen molar-refractivity contribution >= 4 is 23.5 Å². The zero-order valence-electron chi connectivity index (χ0n) is 19.3. The number of Topliss-reactive ketones (excluding diaryl/α,β-unsaturated/α-hetero) is 1. The molecule has 1 fully saturated rings. The van der Waals surface area contributed by atoms with Gasteiger partial charge in [-0.05, 0) is 43.4 Å². The number of imide groups is 1. The largest absolute Gasteiger partial charge is 0.328 e. The van der Waals surface area contributed by atoms with Gasteiger partial charge in [-0.2, -0.15) is 0 Å². The standard InChI is InChI=1S/C26H33N3O4/c1-2-8-19(27)11-4-6-13-20(30)12-5-3-9-18-10-7-14-21-22(18)17-29(26(21)33)23-15-16-24(31)28-25(23)32/h7,10,14,19,23H,2,4-6,8,11-13,15-17,27H2,1H3,(H,28,31,32). The number of amides is 3. The van der Waals surface area contributed by atoms with Gasteiger partial charge in [-0.3, -0.25) is 24.5 Å². The molecule has 0 aliphatic carbocycles. The molecule has 7 nitrogen and oxygen atoms in total. The minimum absolute atomic E-state index is 0.211. The highest BCUT2D eigenvalue weighted by atomic mass is 16.2.